The molecule has 0 unspecified atom stereocenters. The third-order valence-corrected chi connectivity index (χ3v) is 4.26. The zero-order chi connectivity index (χ0) is 17.6. The van der Waals surface area contributed by atoms with E-state index in [-0.39, 0.29) is 5.78 Å². The van der Waals surface area contributed by atoms with Crippen LogP contribution in [0.4, 0.5) is 0 Å². The Kier molecular flexibility index (Phi) is 3.33. The molecule has 5 nitrogen and oxygen atoms in total. The highest BCUT2D eigenvalue weighted by Crippen LogP contribution is 2.36. The van der Waals surface area contributed by atoms with E-state index >= 15 is 0 Å². The number of fused-ring (bicyclic) bond motifs is 3. The van der Waals surface area contributed by atoms with E-state index in [1.807, 2.05) is 38.4 Å². The number of ketones is 1. The first-order valence-electron chi connectivity index (χ1n) is 7.84. The van der Waals surface area contributed by atoms with E-state index in [4.69, 9.17) is 0 Å². The Bertz CT molecular complexity index is 1050. The Morgan fingerprint density at radius 2 is 1.56 bits per heavy atom. The average molecular weight is 326 g/mol. The molecule has 0 radical (unpaired) electrons. The summed E-state index contributed by atoms with van der Waals surface area (Å²) in [6, 6.07) is 16.7. The van der Waals surface area contributed by atoms with E-state index in [2.05, 4.69) is 16.1 Å². The second kappa shape index (κ2) is 5.53. The summed E-state index contributed by atoms with van der Waals surface area (Å²) in [6.07, 6.45) is 0. The first kappa shape index (κ1) is 15.0. The highest BCUT2D eigenvalue weighted by atomic mass is 16.1. The monoisotopic (exact) mass is 326 g/mol. The van der Waals surface area contributed by atoms with Crippen molar-refractivity contribution in [3.05, 3.63) is 76.5 Å². The predicted octanol–water partition coefficient (Wildman–Crippen LogP) is 2.89. The number of aliphatic imine (C=N–C) groups is 2. The predicted molar refractivity (Wildman–Crippen MR) is 96.5 cm³/mol. The fraction of sp³-hybridized carbons (Fsp3) is 0.100. The van der Waals surface area contributed by atoms with E-state index < -0.39 is 0 Å². The van der Waals surface area contributed by atoms with Gasteiger partial charge in [-0.3, -0.25) is 4.79 Å². The minimum absolute atomic E-state index is 0.129. The molecule has 4 rings (SSSR count). The molecule has 2 aromatic rings. The maximum atomic E-state index is 13.2. The molecule has 0 aromatic heterocycles. The number of Topliss-reactive ketones (excluding diaryl/α,β-unsaturated/α-hetero) is 1. The van der Waals surface area contributed by atoms with Crippen LogP contribution in [-0.4, -0.2) is 36.4 Å². The quantitative estimate of drug-likeness (QED) is 0.809. The normalized spacial score (nSPS) is 15.2. The Hall–Kier alpha value is -3.52. The molecular weight excluding hydrogens is 312 g/mol. The summed E-state index contributed by atoms with van der Waals surface area (Å²) in [5.41, 5.74) is 4.06. The molecule has 1 heterocycles. The maximum Gasteiger partial charge on any atom is 0.226 e. The SMILES string of the molecule is CN(C)C1=NC2=C(c3ccccc3C#N)C(=O)c3ccccc3C2=N1. The number of nitriles is 1. The number of rotatable bonds is 1. The average Bonchev–Trinajstić information content (AvgIpc) is 3.08. The Morgan fingerprint density at radius 3 is 2.24 bits per heavy atom. The molecule has 25 heavy (non-hydrogen) atoms. The fourth-order valence-electron chi connectivity index (χ4n) is 3.07. The molecule has 1 aliphatic heterocycles. The minimum atomic E-state index is -0.129. The molecule has 0 fully saturated rings. The summed E-state index contributed by atoms with van der Waals surface area (Å²) < 4.78 is 0. The molecule has 0 N–H and O–H groups in total. The van der Waals surface area contributed by atoms with Crippen molar-refractivity contribution in [1.82, 2.24) is 4.90 Å². The van der Waals surface area contributed by atoms with Gasteiger partial charge in [0.05, 0.1) is 17.2 Å². The Balaban J connectivity index is 2.06. The fourth-order valence-corrected chi connectivity index (χ4v) is 3.07. The molecule has 1 aliphatic carbocycles. The molecule has 5 heteroatoms. The zero-order valence-corrected chi connectivity index (χ0v) is 13.8. The molecule has 2 aliphatic rings. The lowest BCUT2D eigenvalue weighted by Crippen LogP contribution is -2.20. The summed E-state index contributed by atoms with van der Waals surface area (Å²) in [5, 5.41) is 9.45. The van der Waals surface area contributed by atoms with E-state index in [0.717, 1.165) is 5.56 Å². The van der Waals surface area contributed by atoms with E-state index in [0.29, 0.717) is 39.6 Å². The van der Waals surface area contributed by atoms with Gasteiger partial charge in [0.25, 0.3) is 0 Å². The van der Waals surface area contributed by atoms with Crippen molar-refractivity contribution in [3.8, 4) is 6.07 Å². The van der Waals surface area contributed by atoms with E-state index in [1.54, 1.807) is 29.2 Å². The molecule has 0 amide bonds. The van der Waals surface area contributed by atoms with Crippen molar-refractivity contribution >= 4 is 23.0 Å². The lowest BCUT2D eigenvalue weighted by molar-refractivity contribution is 0.105. The van der Waals surface area contributed by atoms with Crippen molar-refractivity contribution in [3.63, 3.8) is 0 Å². The second-order valence-electron chi connectivity index (χ2n) is 6.02. The standard InChI is InChI=1S/C20H14N4O/c1-24(2)20-22-17-14-9-5-6-10-15(14)19(25)16(18(17)23-20)13-8-4-3-7-12(13)11-21/h3-10H,1-2H3. The van der Waals surface area contributed by atoms with Crippen LogP contribution in [0.15, 0.2) is 64.2 Å². The highest BCUT2D eigenvalue weighted by molar-refractivity contribution is 6.43. The highest BCUT2D eigenvalue weighted by Gasteiger charge is 2.35. The summed E-state index contributed by atoms with van der Waals surface area (Å²) in [5.74, 6) is 0.414. The zero-order valence-electron chi connectivity index (χ0n) is 13.8. The molecule has 0 bridgehead atoms. The third-order valence-electron chi connectivity index (χ3n) is 4.26. The molecular formula is C20H14N4O. The first-order chi connectivity index (χ1) is 12.1. The van der Waals surface area contributed by atoms with Gasteiger partial charge in [-0.25, -0.2) is 9.98 Å². The summed E-state index contributed by atoms with van der Waals surface area (Å²) in [4.78, 5) is 24.2. The van der Waals surface area contributed by atoms with Crippen LogP contribution in [0.1, 0.15) is 27.0 Å². The molecule has 2 aromatic carbocycles. The molecule has 0 saturated heterocycles. The van der Waals surface area contributed by atoms with Gasteiger partial charge in [-0.05, 0) is 6.07 Å². The number of carbonyl (C=O) groups is 1. The summed E-state index contributed by atoms with van der Waals surface area (Å²) in [7, 11) is 3.72. The van der Waals surface area contributed by atoms with Crippen LogP contribution < -0.4 is 0 Å². The van der Waals surface area contributed by atoms with Crippen LogP contribution >= 0.6 is 0 Å². The number of allylic oxidation sites excluding steroid dienone is 2. The minimum Gasteiger partial charge on any atom is -0.347 e. The number of hydrogen-bond acceptors (Lipinski definition) is 5. The van der Waals surface area contributed by atoms with Crippen molar-refractivity contribution in [2.45, 2.75) is 0 Å². The molecule has 0 atom stereocenters. The molecule has 120 valence electrons. The number of nitrogens with zero attached hydrogens (tertiary/aromatic N) is 4. The molecule has 0 saturated carbocycles. The van der Waals surface area contributed by atoms with Crippen LogP contribution in [0.5, 0.6) is 0 Å². The van der Waals surface area contributed by atoms with Crippen LogP contribution in [0.3, 0.4) is 0 Å². The molecule has 0 spiro atoms. The van der Waals surface area contributed by atoms with Gasteiger partial charge in [0, 0.05) is 30.8 Å². The van der Waals surface area contributed by atoms with Gasteiger partial charge in [0.2, 0.25) is 5.96 Å². The lowest BCUT2D eigenvalue weighted by atomic mass is 9.82. The lowest BCUT2D eigenvalue weighted by Gasteiger charge is -2.19. The Morgan fingerprint density at radius 1 is 0.920 bits per heavy atom. The van der Waals surface area contributed by atoms with Gasteiger partial charge in [-0.1, -0.05) is 42.5 Å². The van der Waals surface area contributed by atoms with Gasteiger partial charge in [0.15, 0.2) is 5.78 Å². The summed E-state index contributed by atoms with van der Waals surface area (Å²) >= 11 is 0. The number of benzene rings is 2. The van der Waals surface area contributed by atoms with Gasteiger partial charge in [-0.15, -0.1) is 0 Å². The van der Waals surface area contributed by atoms with Gasteiger partial charge < -0.3 is 4.90 Å². The van der Waals surface area contributed by atoms with Crippen LogP contribution in [0, 0.1) is 11.3 Å². The number of guanidine groups is 1. The van der Waals surface area contributed by atoms with E-state index in [9.17, 15) is 10.1 Å². The van der Waals surface area contributed by atoms with Crippen LogP contribution in [0.25, 0.3) is 5.57 Å². The van der Waals surface area contributed by atoms with Crippen molar-refractivity contribution in [1.29, 1.82) is 5.26 Å². The van der Waals surface area contributed by atoms with Crippen molar-refractivity contribution in [2.24, 2.45) is 9.98 Å². The maximum absolute atomic E-state index is 13.2. The first-order valence-corrected chi connectivity index (χ1v) is 7.84. The van der Waals surface area contributed by atoms with Gasteiger partial charge in [0.1, 0.15) is 11.4 Å². The van der Waals surface area contributed by atoms with Crippen LogP contribution in [-0.2, 0) is 0 Å². The van der Waals surface area contributed by atoms with E-state index in [1.165, 1.54) is 0 Å². The number of hydrogen-bond donors (Lipinski definition) is 0. The largest absolute Gasteiger partial charge is 0.347 e. The van der Waals surface area contributed by atoms with Crippen LogP contribution in [0.2, 0.25) is 0 Å². The van der Waals surface area contributed by atoms with Crippen molar-refractivity contribution in [2.75, 3.05) is 14.1 Å². The smallest absolute Gasteiger partial charge is 0.226 e. The van der Waals surface area contributed by atoms with Crippen molar-refractivity contribution < 1.29 is 4.79 Å². The third kappa shape index (κ3) is 2.19. The van der Waals surface area contributed by atoms with Gasteiger partial charge >= 0.3 is 0 Å². The number of carbonyl (C=O) groups excluding carboxylic acids is 1. The van der Waals surface area contributed by atoms with Gasteiger partial charge in [-0.2, -0.15) is 5.26 Å². The summed E-state index contributed by atoms with van der Waals surface area (Å²) in [6.45, 7) is 0. The Labute approximate surface area is 145 Å². The second-order valence-corrected chi connectivity index (χ2v) is 6.02. The topological polar surface area (TPSA) is 68.8 Å².